The van der Waals surface area contributed by atoms with E-state index in [1.165, 1.54) is 78.6 Å². The molecule has 0 bridgehead atoms. The number of aliphatic hydroxyl groups excluding tert-OH is 1. The van der Waals surface area contributed by atoms with E-state index in [1.54, 1.807) is 61.8 Å². The summed E-state index contributed by atoms with van der Waals surface area (Å²) >= 11 is 0. The molecule has 2 heterocycles. The van der Waals surface area contributed by atoms with Crippen molar-refractivity contribution in [3.8, 4) is 0 Å². The van der Waals surface area contributed by atoms with Crippen LogP contribution in [0.1, 0.15) is 182 Å². The third-order valence-corrected chi connectivity index (χ3v) is 19.7. The smallest absolute Gasteiger partial charge is 0.246 e. The van der Waals surface area contributed by atoms with Crippen LogP contribution in [-0.4, -0.2) is 246 Å². The average Bonchev–Trinajstić information content (AvgIpc) is 0.914. The van der Waals surface area contributed by atoms with Crippen LogP contribution < -0.4 is 5.32 Å². The third kappa shape index (κ3) is 22.8. The minimum atomic E-state index is -1.61. The Morgan fingerprint density at radius 1 is 0.538 bits per heavy atom. The topological polar surface area (TPSA) is 255 Å². The van der Waals surface area contributed by atoms with Crippen molar-refractivity contribution in [2.75, 3.05) is 76.1 Å². The lowest BCUT2D eigenvalue weighted by molar-refractivity contribution is -0.157. The molecule has 93 heavy (non-hydrogen) atoms. The molecule has 0 saturated carbocycles. The van der Waals surface area contributed by atoms with E-state index in [4.69, 9.17) is 4.74 Å². The quantitative estimate of drug-likeness (QED) is 0.137. The Kier molecular flexibility index (Phi) is 34.3. The number of carbonyl (C=O) groups is 11. The Labute approximate surface area is 559 Å². The van der Waals surface area contributed by atoms with Crippen LogP contribution in [0.2, 0.25) is 0 Å². The molecule has 8 amide bonds. The molecule has 22 nitrogen and oxygen atoms in total. The van der Waals surface area contributed by atoms with Crippen molar-refractivity contribution in [2.24, 2.45) is 59.2 Å². The van der Waals surface area contributed by atoms with Gasteiger partial charge in [0.2, 0.25) is 47.3 Å². The summed E-state index contributed by atoms with van der Waals surface area (Å²) in [4.78, 5) is 175. The Morgan fingerprint density at radius 2 is 1.02 bits per heavy atom. The molecule has 0 spiro atoms. The van der Waals surface area contributed by atoms with Gasteiger partial charge in [0.15, 0.2) is 11.6 Å². The Hall–Kier alpha value is -5.61. The fraction of sp³-hybridized carbons (Fsp3) is 0.817. The number of amides is 8. The van der Waals surface area contributed by atoms with Crippen LogP contribution in [-0.2, 0) is 57.5 Å². The number of hydrogen-bond acceptors (Lipinski definition) is 14. The molecular weight excluding hydrogens is 1190 g/mol. The van der Waals surface area contributed by atoms with Crippen LogP contribution in [0.3, 0.4) is 0 Å². The van der Waals surface area contributed by atoms with Gasteiger partial charge in [-0.1, -0.05) is 116 Å². The molecule has 2 rings (SSSR count). The van der Waals surface area contributed by atoms with Gasteiger partial charge in [0.1, 0.15) is 42.0 Å². The Balaban J connectivity index is 3.04. The molecule has 15 atom stereocenters. The number of allylic oxidation sites excluding steroid dienone is 2. The van der Waals surface area contributed by atoms with Crippen LogP contribution in [0.5, 0.6) is 0 Å². The van der Waals surface area contributed by atoms with Crippen molar-refractivity contribution in [2.45, 2.75) is 242 Å². The summed E-state index contributed by atoms with van der Waals surface area (Å²) in [7, 11) is 12.0. The molecular formula is C71H125N9O13. The second-order valence-corrected chi connectivity index (χ2v) is 29.5. The molecule has 0 aromatic rings. The van der Waals surface area contributed by atoms with E-state index in [2.05, 4.69) is 10.2 Å². The first-order valence-electron chi connectivity index (χ1n) is 34.4. The molecule has 2 fully saturated rings. The monoisotopic (exact) mass is 1310 g/mol. The average molecular weight is 1310 g/mol. The Morgan fingerprint density at radius 3 is 1.51 bits per heavy atom. The lowest BCUT2D eigenvalue weighted by Gasteiger charge is -2.41. The number of likely N-dealkylation sites (N-methyl/N-ethyl adjacent to an activating group) is 7. The van der Waals surface area contributed by atoms with Gasteiger partial charge in [-0.3, -0.25) is 52.7 Å². The predicted octanol–water partition coefficient (Wildman–Crippen LogP) is 6.63. The van der Waals surface area contributed by atoms with Crippen LogP contribution in [0.25, 0.3) is 0 Å². The number of nitrogens with one attached hydrogen (secondary N) is 1. The van der Waals surface area contributed by atoms with Gasteiger partial charge in [-0.2, -0.15) is 0 Å². The van der Waals surface area contributed by atoms with Crippen LogP contribution in [0.15, 0.2) is 12.2 Å². The highest BCUT2D eigenvalue weighted by molar-refractivity contribution is 6.00. The summed E-state index contributed by atoms with van der Waals surface area (Å²) in [6.45, 7) is 32.5. The number of carbonyl (C=O) groups excluding carboxylic acids is 11. The largest absolute Gasteiger partial charge is 0.390 e. The fourth-order valence-electron chi connectivity index (χ4n) is 13.3. The first kappa shape index (κ1) is 83.5. The van der Waals surface area contributed by atoms with Crippen LogP contribution in [0.4, 0.5) is 0 Å². The van der Waals surface area contributed by atoms with Crippen LogP contribution >= 0.6 is 0 Å². The van der Waals surface area contributed by atoms with E-state index in [0.717, 1.165) is 17.9 Å². The highest BCUT2D eigenvalue weighted by Gasteiger charge is 2.47. The molecule has 2 saturated heterocycles. The van der Waals surface area contributed by atoms with E-state index in [9.17, 15) is 24.3 Å². The first-order chi connectivity index (χ1) is 43.1. The molecule has 532 valence electrons. The lowest BCUT2D eigenvalue weighted by Crippen LogP contribution is -2.63. The first-order valence-corrected chi connectivity index (χ1v) is 34.4. The van der Waals surface area contributed by atoms with E-state index in [-0.39, 0.29) is 86.2 Å². The van der Waals surface area contributed by atoms with E-state index >= 15 is 33.6 Å². The molecule has 0 aliphatic carbocycles. The maximum absolute atomic E-state index is 15.3. The van der Waals surface area contributed by atoms with Gasteiger partial charge in [-0.05, 0) is 107 Å². The van der Waals surface area contributed by atoms with Gasteiger partial charge in [0, 0.05) is 107 Å². The highest BCUT2D eigenvalue weighted by Crippen LogP contribution is 2.30. The van der Waals surface area contributed by atoms with E-state index in [1.807, 2.05) is 75.3 Å². The number of hydrogen-bond donors (Lipinski definition) is 2. The molecule has 0 aromatic heterocycles. The summed E-state index contributed by atoms with van der Waals surface area (Å²) in [6.07, 6.45) is 3.68. The summed E-state index contributed by atoms with van der Waals surface area (Å²) < 4.78 is 5.63. The third-order valence-electron chi connectivity index (χ3n) is 19.7. The second-order valence-electron chi connectivity index (χ2n) is 29.5. The number of Topliss-reactive ketones (excluding diaryl/α,β-unsaturated/α-hetero) is 3. The predicted molar refractivity (Wildman–Crippen MR) is 363 cm³/mol. The molecule has 0 unspecified atom stereocenters. The number of aliphatic hydroxyl groups is 1. The maximum Gasteiger partial charge on any atom is 0.246 e. The number of ketones is 3. The summed E-state index contributed by atoms with van der Waals surface area (Å²) in [5.41, 5.74) is 0. The zero-order valence-electron chi connectivity index (χ0n) is 61.8. The van der Waals surface area contributed by atoms with Gasteiger partial charge in [0.25, 0.3) is 0 Å². The number of nitrogens with zero attached hydrogens (tertiary/aromatic N) is 8. The summed E-state index contributed by atoms with van der Waals surface area (Å²) in [5, 5.41) is 15.1. The minimum absolute atomic E-state index is 0.0228. The zero-order valence-corrected chi connectivity index (χ0v) is 61.8. The van der Waals surface area contributed by atoms with E-state index < -0.39 is 143 Å². The highest BCUT2D eigenvalue weighted by atomic mass is 16.5. The van der Waals surface area contributed by atoms with E-state index in [0.29, 0.717) is 25.9 Å². The van der Waals surface area contributed by atoms with Crippen molar-refractivity contribution >= 4 is 64.6 Å². The van der Waals surface area contributed by atoms with Gasteiger partial charge in [-0.25, -0.2) is 0 Å². The van der Waals surface area contributed by atoms with Crippen LogP contribution in [0, 0.1) is 59.2 Å². The fourth-order valence-corrected chi connectivity index (χ4v) is 13.3. The van der Waals surface area contributed by atoms with Crippen molar-refractivity contribution < 1.29 is 62.6 Å². The number of likely N-dealkylation sites (tertiary alicyclic amines) is 1. The number of rotatable bonds is 18. The molecule has 2 N–H and O–H groups in total. The number of ether oxygens (including phenoxy) is 1. The summed E-state index contributed by atoms with van der Waals surface area (Å²) in [5.74, 6) is -11.1. The minimum Gasteiger partial charge on any atom is -0.390 e. The zero-order chi connectivity index (χ0) is 71.5. The van der Waals surface area contributed by atoms with Crippen molar-refractivity contribution in [3.63, 3.8) is 0 Å². The molecule has 0 aromatic carbocycles. The standard InChI is InChI=1S/C71H125N9O13/c1-26-28-29-47(14)63(84)62-64(85)72-53(27-2)68(89)73(18)50(17)66(87)78(23)61(46(13)30-32-80-33-31-51(40-80)93-25)59(83)39-52(44(9)10)67(88)74(19)54(34-41(3)4)58(82)37-48(15)57(81)38-49(16)65(86)75(20)55(35-42(5)6)69(90)76(21)56(36-43(7)8)70(91)77(22)60(45(11)12)71(92)79(62)24/h26,28,41-56,60-63,84H,27,29-40H2,1-25H3,(H,72,85)/b28-26+/t46-,47-,48-,49+,50-,51+,52+,53+,54+,55+,56+,60+,61+,62+,63-/m1/s1. The van der Waals surface area contributed by atoms with Crippen molar-refractivity contribution in [1.82, 2.24) is 44.5 Å². The maximum atomic E-state index is 15.3. The van der Waals surface area contributed by atoms with Crippen molar-refractivity contribution in [1.29, 1.82) is 0 Å². The normalized spacial score (nSPS) is 28.8. The van der Waals surface area contributed by atoms with Crippen molar-refractivity contribution in [3.05, 3.63) is 12.2 Å². The van der Waals surface area contributed by atoms with Gasteiger partial charge < -0.3 is 54.4 Å². The van der Waals surface area contributed by atoms with Gasteiger partial charge in [0.05, 0.1) is 24.3 Å². The summed E-state index contributed by atoms with van der Waals surface area (Å²) in [6, 6.07) is -9.63. The molecule has 22 heteroatoms. The Bertz CT molecular complexity index is 2560. The second kappa shape index (κ2) is 38.2. The van der Waals surface area contributed by atoms with Gasteiger partial charge >= 0.3 is 0 Å². The number of methoxy groups -OCH3 is 1. The molecule has 2 aliphatic heterocycles. The lowest BCUT2D eigenvalue weighted by atomic mass is 9.83. The molecule has 2 aliphatic rings. The van der Waals surface area contributed by atoms with Gasteiger partial charge in [-0.15, -0.1) is 0 Å². The molecule has 0 radical (unpaired) electrons. The SMILES string of the molecule is C/C=C/C[C@@H](C)[C@@H](O)[C@H]1C(=O)N[C@@H](CC)C(=O)N(C)[C@H](C)C(=O)N(C)[C@@H]([C@H](C)CCN2CC[C@H](OC)C2)C(=O)C[C@@H](C(C)C)C(=O)N(C)[C@@H](CC(C)C)C(=O)C[C@@H](C)C(=O)C[C@H](C)C(=O)N(C)[C@@H](CC(C)C)C(=O)N(C)[C@@H](CC(C)C)C(=O)N(C)[C@@H](C(C)C)C(=O)N1C.